The smallest absolute Gasteiger partial charge is 0.303 e. The predicted octanol–water partition coefficient (Wildman–Crippen LogP) is 7.84. The molecule has 199 valence electrons. The third kappa shape index (κ3) is 5.22. The second-order valence-corrected chi connectivity index (χ2v) is 13.9. The molecule has 1 amide bonds. The van der Waals surface area contributed by atoms with Gasteiger partial charge in [-0.05, 0) is 100 Å². The molecule has 37 heavy (non-hydrogen) atoms. The van der Waals surface area contributed by atoms with E-state index in [2.05, 4.69) is 72.8 Å². The molecule has 0 bridgehead atoms. The topological polar surface area (TPSA) is 66.4 Å². The monoisotopic (exact) mass is 502 g/mol. The van der Waals surface area contributed by atoms with Gasteiger partial charge < -0.3 is 10.4 Å². The Balaban J connectivity index is 1.81. The Hall–Kier alpha value is -2.62. The summed E-state index contributed by atoms with van der Waals surface area (Å²) in [5.41, 5.74) is 7.87. The van der Waals surface area contributed by atoms with Gasteiger partial charge in [-0.2, -0.15) is 0 Å². The van der Waals surface area contributed by atoms with E-state index in [1.165, 1.54) is 22.3 Å². The van der Waals surface area contributed by atoms with Gasteiger partial charge in [0.15, 0.2) is 0 Å². The first kappa shape index (κ1) is 27.4. The molecule has 4 nitrogen and oxygen atoms in total. The second-order valence-electron chi connectivity index (χ2n) is 13.9. The zero-order valence-electron chi connectivity index (χ0n) is 24.0. The van der Waals surface area contributed by atoms with Crippen LogP contribution in [0.1, 0.15) is 132 Å². The summed E-state index contributed by atoms with van der Waals surface area (Å²) in [6.45, 7) is 18.7. The normalized spacial score (nSPS) is 20.4. The van der Waals surface area contributed by atoms with Crippen molar-refractivity contribution in [3.63, 3.8) is 0 Å². The minimum Gasteiger partial charge on any atom is -0.481 e. The summed E-state index contributed by atoms with van der Waals surface area (Å²) in [5, 5.41) is 12.3. The van der Waals surface area contributed by atoms with Crippen LogP contribution in [0.25, 0.3) is 0 Å². The summed E-state index contributed by atoms with van der Waals surface area (Å²) in [5.74, 6) is -0.919. The lowest BCUT2D eigenvalue weighted by molar-refractivity contribution is -0.137. The van der Waals surface area contributed by atoms with Crippen molar-refractivity contribution in [2.45, 2.75) is 122 Å². The summed E-state index contributed by atoms with van der Waals surface area (Å²) in [6, 6.07) is 11.2. The molecule has 2 aromatic carbocycles. The van der Waals surface area contributed by atoms with Crippen molar-refractivity contribution in [1.82, 2.24) is 0 Å². The van der Waals surface area contributed by atoms with E-state index in [0.29, 0.717) is 18.4 Å². The molecule has 0 heterocycles. The number of carbonyl (C=O) groups is 2. The summed E-state index contributed by atoms with van der Waals surface area (Å²) < 4.78 is 0. The van der Waals surface area contributed by atoms with Crippen molar-refractivity contribution < 1.29 is 14.7 Å². The molecule has 2 N–H and O–H groups in total. The van der Waals surface area contributed by atoms with E-state index < -0.39 is 5.97 Å². The van der Waals surface area contributed by atoms with Gasteiger partial charge in [0.25, 0.3) is 5.91 Å². The standard InChI is InChI=1S/C33H44NO3/c1-30(2)16-18-32(5,6)26-23(30)20-24-27(33(7,8)19-17-31(24,3)4)28(26)34-29(37)22-14-12-21(13-15-22)10-9-11-25(35)36/h12-14,20H,9-11,16-19H2,1-8H3,(H,34,37)(H,35,36). The Morgan fingerprint density at radius 2 is 1.35 bits per heavy atom. The Morgan fingerprint density at radius 3 is 1.81 bits per heavy atom. The van der Waals surface area contributed by atoms with Gasteiger partial charge in [-0.25, -0.2) is 0 Å². The number of rotatable bonds is 6. The zero-order valence-corrected chi connectivity index (χ0v) is 24.0. The van der Waals surface area contributed by atoms with Crippen LogP contribution in [0.3, 0.4) is 0 Å². The van der Waals surface area contributed by atoms with Gasteiger partial charge in [-0.3, -0.25) is 9.59 Å². The highest BCUT2D eigenvalue weighted by Gasteiger charge is 2.46. The molecule has 2 aliphatic rings. The summed E-state index contributed by atoms with van der Waals surface area (Å²) in [4.78, 5) is 24.5. The van der Waals surface area contributed by atoms with Crippen molar-refractivity contribution in [2.75, 3.05) is 5.32 Å². The predicted molar refractivity (Wildman–Crippen MR) is 151 cm³/mol. The van der Waals surface area contributed by atoms with Gasteiger partial charge >= 0.3 is 5.97 Å². The highest BCUT2D eigenvalue weighted by atomic mass is 16.4. The molecule has 4 heteroatoms. The first-order valence-corrected chi connectivity index (χ1v) is 13.8. The largest absolute Gasteiger partial charge is 0.481 e. The number of fused-ring (bicyclic) bond motifs is 2. The maximum atomic E-state index is 13.7. The van der Waals surface area contributed by atoms with Crippen LogP contribution in [-0.2, 0) is 32.9 Å². The third-order valence-electron chi connectivity index (χ3n) is 9.11. The molecule has 0 atom stereocenters. The molecule has 2 aromatic rings. The molecule has 0 fully saturated rings. The molecular weight excluding hydrogens is 458 g/mol. The molecule has 0 saturated carbocycles. The Morgan fingerprint density at radius 1 is 0.838 bits per heavy atom. The fourth-order valence-corrected chi connectivity index (χ4v) is 6.43. The summed E-state index contributed by atoms with van der Waals surface area (Å²) in [6.07, 6.45) is 5.79. The van der Waals surface area contributed by atoms with E-state index in [0.717, 1.165) is 36.9 Å². The van der Waals surface area contributed by atoms with Crippen LogP contribution < -0.4 is 5.32 Å². The first-order valence-electron chi connectivity index (χ1n) is 13.8. The second kappa shape index (κ2) is 9.29. The lowest BCUT2D eigenvalue weighted by Gasteiger charge is -2.49. The molecule has 0 spiro atoms. The van der Waals surface area contributed by atoms with Crippen LogP contribution in [0.15, 0.2) is 24.3 Å². The van der Waals surface area contributed by atoms with Gasteiger partial charge in [0.1, 0.15) is 0 Å². The Kier molecular flexibility index (Phi) is 6.88. The van der Waals surface area contributed by atoms with Crippen LogP contribution >= 0.6 is 0 Å². The molecule has 0 aliphatic heterocycles. The van der Waals surface area contributed by atoms with Gasteiger partial charge in [-0.15, -0.1) is 0 Å². The quantitative estimate of drug-likeness (QED) is 0.423. The number of hydrogen-bond acceptors (Lipinski definition) is 2. The lowest BCUT2D eigenvalue weighted by atomic mass is 9.56. The van der Waals surface area contributed by atoms with Crippen molar-refractivity contribution in [3.8, 4) is 0 Å². The molecule has 0 aromatic heterocycles. The van der Waals surface area contributed by atoms with E-state index in [9.17, 15) is 9.59 Å². The number of nitrogens with one attached hydrogen (secondary N) is 1. The van der Waals surface area contributed by atoms with Crippen LogP contribution in [-0.4, -0.2) is 17.0 Å². The minimum atomic E-state index is -0.785. The fraction of sp³-hybridized carbons (Fsp3) is 0.576. The fourth-order valence-electron chi connectivity index (χ4n) is 6.43. The zero-order chi connectivity index (χ0) is 27.4. The van der Waals surface area contributed by atoms with Crippen LogP contribution in [0.5, 0.6) is 0 Å². The van der Waals surface area contributed by atoms with Gasteiger partial charge in [0.05, 0.1) is 0 Å². The van der Waals surface area contributed by atoms with E-state index in [4.69, 9.17) is 5.11 Å². The van der Waals surface area contributed by atoms with Gasteiger partial charge in [0, 0.05) is 17.7 Å². The third-order valence-corrected chi connectivity index (χ3v) is 9.11. The van der Waals surface area contributed by atoms with Crippen molar-refractivity contribution in [2.24, 2.45) is 0 Å². The number of benzene rings is 2. The molecule has 2 aliphatic carbocycles. The maximum absolute atomic E-state index is 13.7. The minimum absolute atomic E-state index is 0.0424. The molecule has 4 rings (SSSR count). The molecule has 1 radical (unpaired) electrons. The average Bonchev–Trinajstić information content (AvgIpc) is 2.79. The van der Waals surface area contributed by atoms with Gasteiger partial charge in [0.2, 0.25) is 0 Å². The number of aliphatic carboxylic acids is 1. The van der Waals surface area contributed by atoms with Crippen LogP contribution in [0.4, 0.5) is 5.69 Å². The Bertz CT molecular complexity index is 1160. The summed E-state index contributed by atoms with van der Waals surface area (Å²) in [7, 11) is 0. The van der Waals surface area contributed by atoms with Crippen molar-refractivity contribution in [3.05, 3.63) is 63.7 Å². The number of carboxylic acids is 1. The molecule has 0 saturated heterocycles. The number of anilines is 1. The van der Waals surface area contributed by atoms with E-state index in [-0.39, 0.29) is 34.0 Å². The van der Waals surface area contributed by atoms with Crippen molar-refractivity contribution >= 4 is 17.6 Å². The first-order chi connectivity index (χ1) is 17.1. The maximum Gasteiger partial charge on any atom is 0.303 e. The number of aryl methyl sites for hydroxylation is 1. The van der Waals surface area contributed by atoms with Crippen molar-refractivity contribution in [1.29, 1.82) is 0 Å². The number of amides is 1. The van der Waals surface area contributed by atoms with Gasteiger partial charge in [-0.1, -0.05) is 73.6 Å². The summed E-state index contributed by atoms with van der Waals surface area (Å²) >= 11 is 0. The number of carboxylic acid groups (broad SMARTS) is 1. The average molecular weight is 503 g/mol. The van der Waals surface area contributed by atoms with E-state index in [1.54, 1.807) is 0 Å². The highest BCUT2D eigenvalue weighted by Crippen LogP contribution is 2.56. The molecule has 0 unspecified atom stereocenters. The number of carbonyl (C=O) groups excluding carboxylic acids is 1. The van der Waals surface area contributed by atoms with E-state index >= 15 is 0 Å². The lowest BCUT2D eigenvalue weighted by Crippen LogP contribution is -2.41. The van der Waals surface area contributed by atoms with Crippen LogP contribution in [0, 0.1) is 6.07 Å². The van der Waals surface area contributed by atoms with E-state index in [1.807, 2.05) is 18.2 Å². The molecular formula is C33H44NO3. The number of hydrogen-bond donors (Lipinski definition) is 2. The Labute approximate surface area is 223 Å². The highest BCUT2D eigenvalue weighted by molar-refractivity contribution is 6.05. The SMILES string of the molecule is CC1(C)CCC(C)(C)c2c1cc1c(c2NC(=O)c2[c]cc(CCCC(=O)O)cc2)C(C)(C)CCC1(C)C. The van der Waals surface area contributed by atoms with Crippen LogP contribution in [0.2, 0.25) is 0 Å².